The van der Waals surface area contributed by atoms with E-state index >= 15 is 8.78 Å². The fourth-order valence-electron chi connectivity index (χ4n) is 9.02. The number of nitrogens with zero attached hydrogens (tertiary/aromatic N) is 2. The van der Waals surface area contributed by atoms with E-state index in [1.807, 2.05) is 12.2 Å². The molecule has 0 fully saturated rings. The third-order valence-electron chi connectivity index (χ3n) is 12.4. The average molecular weight is 681 g/mol. The average Bonchev–Trinajstić information content (AvgIpc) is 3.05. The van der Waals surface area contributed by atoms with E-state index in [4.69, 9.17) is 9.47 Å². The number of halogens is 2. The molecule has 0 saturated heterocycles. The van der Waals surface area contributed by atoms with Gasteiger partial charge in [-0.15, -0.1) is 0 Å². The fraction of sp³-hybridized carbons (Fsp3) is 0.500. The minimum absolute atomic E-state index is 0.00242. The van der Waals surface area contributed by atoms with Gasteiger partial charge < -0.3 is 19.3 Å². The maximum atomic E-state index is 15.8. The molecule has 4 aliphatic heterocycles. The van der Waals surface area contributed by atoms with Gasteiger partial charge in [0.1, 0.15) is 23.1 Å². The van der Waals surface area contributed by atoms with Crippen molar-refractivity contribution in [1.82, 2.24) is 0 Å². The van der Waals surface area contributed by atoms with Crippen molar-refractivity contribution in [2.45, 2.75) is 103 Å². The van der Waals surface area contributed by atoms with E-state index in [0.29, 0.717) is 0 Å². The Morgan fingerprint density at radius 1 is 0.500 bits per heavy atom. The summed E-state index contributed by atoms with van der Waals surface area (Å²) >= 11 is 0. The monoisotopic (exact) mass is 680 g/mol. The van der Waals surface area contributed by atoms with E-state index in [0.717, 1.165) is 74.5 Å². The summed E-state index contributed by atoms with van der Waals surface area (Å²) in [5.74, 6) is 0.691. The van der Waals surface area contributed by atoms with Crippen LogP contribution >= 0.6 is 0 Å². The van der Waals surface area contributed by atoms with Crippen molar-refractivity contribution in [3.05, 3.63) is 80.4 Å². The fourth-order valence-corrected chi connectivity index (χ4v) is 9.02. The molecule has 0 bridgehead atoms. The molecule has 0 aromatic heterocycles. The molecular weight excluding hydrogens is 626 g/mol. The molecule has 3 aromatic rings. The first kappa shape index (κ1) is 34.6. The molecule has 4 nitrogen and oxygen atoms in total. The van der Waals surface area contributed by atoms with Gasteiger partial charge in [-0.05, 0) is 82.7 Å². The van der Waals surface area contributed by atoms with Crippen LogP contribution < -0.4 is 19.3 Å². The van der Waals surface area contributed by atoms with Gasteiger partial charge >= 0.3 is 0 Å². The summed E-state index contributed by atoms with van der Waals surface area (Å²) in [5, 5.41) is 0. The zero-order valence-corrected chi connectivity index (χ0v) is 31.7. The van der Waals surface area contributed by atoms with E-state index in [1.165, 1.54) is 45.8 Å². The van der Waals surface area contributed by atoms with Crippen LogP contribution in [0, 0.1) is 11.6 Å². The molecule has 4 heterocycles. The second kappa shape index (κ2) is 11.9. The number of rotatable bonds is 6. The molecule has 0 unspecified atom stereocenters. The van der Waals surface area contributed by atoms with Crippen LogP contribution in [0.4, 0.5) is 20.2 Å². The Kier molecular flexibility index (Phi) is 8.23. The minimum Gasteiger partial charge on any atom is -0.496 e. The second-order valence-corrected chi connectivity index (χ2v) is 17.6. The van der Waals surface area contributed by atoms with Crippen LogP contribution in [0.2, 0.25) is 0 Å². The molecule has 0 radical (unpaired) electrons. The Morgan fingerprint density at radius 2 is 0.820 bits per heavy atom. The minimum atomic E-state index is -0.474. The van der Waals surface area contributed by atoms with Gasteiger partial charge in [0.25, 0.3) is 0 Å². The molecule has 6 heteroatoms. The summed E-state index contributed by atoms with van der Waals surface area (Å²) in [6.07, 6.45) is 11.3. The number of anilines is 2. The maximum absolute atomic E-state index is 15.8. The highest BCUT2D eigenvalue weighted by Crippen LogP contribution is 2.55. The smallest absolute Gasteiger partial charge is 0.131 e. The van der Waals surface area contributed by atoms with Crippen molar-refractivity contribution in [2.24, 2.45) is 0 Å². The van der Waals surface area contributed by atoms with Crippen molar-refractivity contribution in [3.63, 3.8) is 0 Å². The molecule has 3 aromatic carbocycles. The highest BCUT2D eigenvalue weighted by atomic mass is 19.1. The van der Waals surface area contributed by atoms with Crippen LogP contribution in [0.25, 0.3) is 24.3 Å². The predicted octanol–water partition coefficient (Wildman–Crippen LogP) is 10.7. The summed E-state index contributed by atoms with van der Waals surface area (Å²) in [5.41, 5.74) is 9.66. The van der Waals surface area contributed by atoms with Crippen LogP contribution in [-0.4, -0.2) is 40.4 Å². The largest absolute Gasteiger partial charge is 0.496 e. The van der Waals surface area contributed by atoms with Crippen LogP contribution in [0.5, 0.6) is 11.5 Å². The van der Waals surface area contributed by atoms with Crippen LogP contribution in [0.1, 0.15) is 126 Å². The first-order valence-corrected chi connectivity index (χ1v) is 18.4. The van der Waals surface area contributed by atoms with Gasteiger partial charge in [0.15, 0.2) is 0 Å². The van der Waals surface area contributed by atoms with Gasteiger partial charge in [-0.2, -0.15) is 0 Å². The topological polar surface area (TPSA) is 24.9 Å². The van der Waals surface area contributed by atoms with Gasteiger partial charge in [-0.1, -0.05) is 79.7 Å². The molecule has 0 saturated carbocycles. The Bertz CT molecular complexity index is 1790. The Balaban J connectivity index is 1.26. The molecule has 50 heavy (non-hydrogen) atoms. The Labute approximate surface area is 298 Å². The number of hydrogen-bond acceptors (Lipinski definition) is 4. The summed E-state index contributed by atoms with van der Waals surface area (Å²) in [7, 11) is 3.43. The molecule has 0 atom stereocenters. The predicted molar refractivity (Wildman–Crippen MR) is 205 cm³/mol. The van der Waals surface area contributed by atoms with Crippen molar-refractivity contribution < 1.29 is 18.3 Å². The molecule has 0 spiro atoms. The third kappa shape index (κ3) is 5.52. The lowest BCUT2D eigenvalue weighted by atomic mass is 9.68. The number of ether oxygens (including phenoxy) is 2. The molecule has 266 valence electrons. The number of benzene rings is 3. The van der Waals surface area contributed by atoms with Crippen molar-refractivity contribution in [3.8, 4) is 11.5 Å². The van der Waals surface area contributed by atoms with Crippen LogP contribution in [0.15, 0.2) is 24.3 Å². The summed E-state index contributed by atoms with van der Waals surface area (Å²) in [6, 6.07) is 7.00. The van der Waals surface area contributed by atoms with Crippen molar-refractivity contribution in [2.75, 3.05) is 50.2 Å². The second-order valence-electron chi connectivity index (χ2n) is 17.6. The molecule has 4 aliphatic rings. The quantitative estimate of drug-likeness (QED) is 0.242. The van der Waals surface area contributed by atoms with E-state index in [2.05, 4.69) is 77.3 Å². The van der Waals surface area contributed by atoms with Gasteiger partial charge in [0.05, 0.1) is 14.2 Å². The summed E-state index contributed by atoms with van der Waals surface area (Å²) in [4.78, 5) is 5.01. The van der Waals surface area contributed by atoms with Crippen molar-refractivity contribution >= 4 is 35.7 Å². The van der Waals surface area contributed by atoms with Gasteiger partial charge in [0.2, 0.25) is 0 Å². The standard InChI is InChI=1S/C44H54F2N2O2/c1-41(2)15-19-47-21-17-43(5,6)35-37(47)31(41)23-29(39(35)49-9)13-11-27-25-34(46)28(26-33(27)45)12-14-30-24-32-38-36(40(30)50-10)44(7,8)18-22-48(38)20-16-42(32,3)4/h11-14,23-26H,15-22H2,1-10H3. The van der Waals surface area contributed by atoms with Gasteiger partial charge in [0, 0.05) is 70.9 Å². The lowest BCUT2D eigenvalue weighted by Gasteiger charge is -2.48. The first-order valence-electron chi connectivity index (χ1n) is 18.4. The van der Waals surface area contributed by atoms with E-state index in [1.54, 1.807) is 26.4 Å². The molecule has 0 aliphatic carbocycles. The van der Waals surface area contributed by atoms with E-state index < -0.39 is 11.6 Å². The Morgan fingerprint density at radius 3 is 1.16 bits per heavy atom. The van der Waals surface area contributed by atoms with E-state index in [9.17, 15) is 0 Å². The highest BCUT2D eigenvalue weighted by Gasteiger charge is 2.44. The molecule has 0 N–H and O–H groups in total. The van der Waals surface area contributed by atoms with Crippen LogP contribution in [0.3, 0.4) is 0 Å². The molecular formula is C44H54F2N2O2. The van der Waals surface area contributed by atoms with Crippen LogP contribution in [-0.2, 0) is 21.7 Å². The van der Waals surface area contributed by atoms with E-state index in [-0.39, 0.29) is 32.8 Å². The zero-order chi connectivity index (χ0) is 36.0. The zero-order valence-electron chi connectivity index (χ0n) is 31.7. The third-order valence-corrected chi connectivity index (χ3v) is 12.4. The molecule has 7 rings (SSSR count). The van der Waals surface area contributed by atoms with Gasteiger partial charge in [-0.25, -0.2) is 8.78 Å². The lowest BCUT2D eigenvalue weighted by Crippen LogP contribution is -2.45. The van der Waals surface area contributed by atoms with Gasteiger partial charge in [-0.3, -0.25) is 0 Å². The summed E-state index contributed by atoms with van der Waals surface area (Å²) in [6.45, 7) is 22.4. The number of methoxy groups -OCH3 is 2. The first-order chi connectivity index (χ1) is 23.5. The molecule has 0 amide bonds. The lowest BCUT2D eigenvalue weighted by molar-refractivity contribution is 0.362. The van der Waals surface area contributed by atoms with Crippen molar-refractivity contribution in [1.29, 1.82) is 0 Å². The highest BCUT2D eigenvalue weighted by molar-refractivity contribution is 5.83. The number of hydrogen-bond donors (Lipinski definition) is 0. The Hall–Kier alpha value is -3.80. The summed E-state index contributed by atoms with van der Waals surface area (Å²) < 4.78 is 43.8. The SMILES string of the molecule is COc1c(C=Cc2cc(F)c(C=Cc3cc4c5c(c3OC)C(C)(C)CCN5CCC4(C)C)cc2F)cc2c3c1C(C)(C)CCN3CCC2(C)C. The maximum Gasteiger partial charge on any atom is 0.131 e. The normalized spacial score (nSPS) is 21.0.